The number of hydrogen-bond donors (Lipinski definition) is 1. The minimum atomic E-state index is -4.64. The van der Waals surface area contributed by atoms with Crippen molar-refractivity contribution >= 4 is 33.6 Å². The second-order valence-corrected chi connectivity index (χ2v) is 9.77. The Morgan fingerprint density at radius 1 is 1.02 bits per heavy atom. The molecule has 6 nitrogen and oxygen atoms in total. The fourth-order valence-electron chi connectivity index (χ4n) is 5.01. The Balaban J connectivity index is 1.67. The first-order valence-electron chi connectivity index (χ1n) is 12.4. The summed E-state index contributed by atoms with van der Waals surface area (Å²) < 4.78 is 55.5. The summed E-state index contributed by atoms with van der Waals surface area (Å²) in [4.78, 5) is 28.9. The van der Waals surface area contributed by atoms with Gasteiger partial charge in [-0.25, -0.2) is 9.07 Å². The lowest BCUT2D eigenvalue weighted by molar-refractivity contribution is -0.137. The van der Waals surface area contributed by atoms with Crippen molar-refractivity contribution in [1.29, 1.82) is 0 Å². The number of nitrogens with one attached hydrogen (secondary N) is 1. The van der Waals surface area contributed by atoms with Gasteiger partial charge >= 0.3 is 6.18 Å². The third kappa shape index (κ3) is 5.01. The fraction of sp³-hybridized carbons (Fsp3) is 0.207. The fourth-order valence-corrected chi connectivity index (χ4v) is 5.43. The Labute approximate surface area is 235 Å². The molecule has 1 aliphatic rings. The molecule has 11 heteroatoms. The molecule has 1 N–H and O–H groups in total. The van der Waals surface area contributed by atoms with E-state index in [0.717, 1.165) is 18.2 Å². The van der Waals surface area contributed by atoms with Crippen LogP contribution in [0.25, 0.3) is 5.69 Å². The standard InChI is InChI=1S/C29H23BrF4N4O2/c1-2-37-27-24(22(16-30)36-38(27)21-9-4-3-5-10-21)23(17-11-13-20(31)14-12-17)25(28(37)40)35-26(39)18-7-6-8-19(15-18)29(32,33)34/h3-15,23,25H,2,16H2,1H3,(H,35,39)/t23-,25-/m1/s1. The zero-order valence-corrected chi connectivity index (χ0v) is 22.7. The summed E-state index contributed by atoms with van der Waals surface area (Å²) >= 11 is 3.49. The normalized spacial score (nSPS) is 17.1. The maximum absolute atomic E-state index is 14.0. The van der Waals surface area contributed by atoms with Gasteiger partial charge in [0.25, 0.3) is 11.8 Å². The highest BCUT2D eigenvalue weighted by molar-refractivity contribution is 9.08. The molecule has 2 atom stereocenters. The summed E-state index contributed by atoms with van der Waals surface area (Å²) in [5.41, 5.74) is 1.27. The number of alkyl halides is 4. The SMILES string of the molecule is CCN1C(=O)[C@H](NC(=O)c2cccc(C(F)(F)F)c2)[C@H](c2ccc(F)cc2)c2c(CBr)nn(-c3ccccc3)c21. The van der Waals surface area contributed by atoms with Gasteiger partial charge in [0.05, 0.1) is 16.9 Å². The second-order valence-electron chi connectivity index (χ2n) is 9.21. The maximum atomic E-state index is 14.0. The van der Waals surface area contributed by atoms with Gasteiger partial charge in [0.15, 0.2) is 0 Å². The smallest absolute Gasteiger partial charge is 0.339 e. The molecule has 1 aromatic heterocycles. The van der Waals surface area contributed by atoms with Crippen LogP contribution < -0.4 is 10.2 Å². The molecule has 0 radical (unpaired) electrons. The summed E-state index contributed by atoms with van der Waals surface area (Å²) in [7, 11) is 0. The van der Waals surface area contributed by atoms with E-state index < -0.39 is 41.3 Å². The third-order valence-corrected chi connectivity index (χ3v) is 7.35. The van der Waals surface area contributed by atoms with Crippen LogP contribution in [0.15, 0.2) is 78.9 Å². The minimum absolute atomic E-state index is 0.234. The Bertz CT molecular complexity index is 1550. The molecule has 0 unspecified atom stereocenters. The number of likely N-dealkylation sites (N-methyl/N-ethyl adjacent to an activating group) is 1. The molecular weight excluding hydrogens is 592 g/mol. The first-order valence-corrected chi connectivity index (χ1v) is 13.5. The number of anilines is 1. The second kappa shape index (κ2) is 10.9. The van der Waals surface area contributed by atoms with Gasteiger partial charge in [-0.2, -0.15) is 18.3 Å². The zero-order chi connectivity index (χ0) is 28.6. The van der Waals surface area contributed by atoms with Gasteiger partial charge in [0.1, 0.15) is 17.7 Å². The molecule has 3 aromatic carbocycles. The highest BCUT2D eigenvalue weighted by atomic mass is 79.9. The number of rotatable bonds is 6. The molecule has 4 aromatic rings. The number of nitrogens with zero attached hydrogens (tertiary/aromatic N) is 3. The zero-order valence-electron chi connectivity index (χ0n) is 21.1. The largest absolute Gasteiger partial charge is 0.416 e. The van der Waals surface area contributed by atoms with E-state index >= 15 is 0 Å². The molecule has 40 heavy (non-hydrogen) atoms. The van der Waals surface area contributed by atoms with Crippen LogP contribution >= 0.6 is 15.9 Å². The van der Waals surface area contributed by atoms with Crippen molar-refractivity contribution in [2.45, 2.75) is 30.4 Å². The number of halogens is 5. The Kier molecular flexibility index (Phi) is 7.50. The average molecular weight is 615 g/mol. The number of carbonyl (C=O) groups is 2. The molecule has 2 heterocycles. The van der Waals surface area contributed by atoms with E-state index in [1.54, 1.807) is 11.6 Å². The van der Waals surface area contributed by atoms with E-state index in [9.17, 15) is 27.2 Å². The van der Waals surface area contributed by atoms with E-state index in [1.807, 2.05) is 30.3 Å². The molecule has 0 fully saturated rings. The summed E-state index contributed by atoms with van der Waals surface area (Å²) in [6.07, 6.45) is -4.64. The molecule has 0 saturated heterocycles. The van der Waals surface area contributed by atoms with Crippen LogP contribution in [-0.4, -0.2) is 34.2 Å². The van der Waals surface area contributed by atoms with E-state index in [-0.39, 0.29) is 12.1 Å². The summed E-state index contributed by atoms with van der Waals surface area (Å²) in [6, 6.07) is 17.6. The highest BCUT2D eigenvalue weighted by Crippen LogP contribution is 2.44. The van der Waals surface area contributed by atoms with Crippen LogP contribution in [-0.2, 0) is 16.3 Å². The van der Waals surface area contributed by atoms with E-state index in [0.29, 0.717) is 33.7 Å². The van der Waals surface area contributed by atoms with E-state index in [2.05, 4.69) is 21.2 Å². The van der Waals surface area contributed by atoms with Crippen molar-refractivity contribution in [2.24, 2.45) is 0 Å². The van der Waals surface area contributed by atoms with Gasteiger partial charge in [-0.05, 0) is 55.0 Å². The monoisotopic (exact) mass is 614 g/mol. The number of carbonyl (C=O) groups excluding carboxylic acids is 2. The average Bonchev–Trinajstić information content (AvgIpc) is 3.33. The third-order valence-electron chi connectivity index (χ3n) is 6.82. The van der Waals surface area contributed by atoms with Crippen LogP contribution in [0, 0.1) is 5.82 Å². The first-order chi connectivity index (χ1) is 19.1. The molecule has 206 valence electrons. The molecular formula is C29H23BrF4N4O2. The summed E-state index contributed by atoms with van der Waals surface area (Å²) in [5.74, 6) is -2.08. The first kappa shape index (κ1) is 27.6. The van der Waals surface area contributed by atoms with Gasteiger partial charge < -0.3 is 5.32 Å². The van der Waals surface area contributed by atoms with Gasteiger partial charge in [-0.1, -0.05) is 52.3 Å². The van der Waals surface area contributed by atoms with Crippen LogP contribution in [0.1, 0.15) is 45.6 Å². The number of fused-ring (bicyclic) bond motifs is 1. The molecule has 0 spiro atoms. The molecule has 5 rings (SSSR count). The highest BCUT2D eigenvalue weighted by Gasteiger charge is 2.46. The molecule has 1 aliphatic heterocycles. The predicted molar refractivity (Wildman–Crippen MR) is 145 cm³/mol. The van der Waals surface area contributed by atoms with Crippen LogP contribution in [0.4, 0.5) is 23.4 Å². The van der Waals surface area contributed by atoms with Crippen molar-refractivity contribution in [3.63, 3.8) is 0 Å². The van der Waals surface area contributed by atoms with Crippen LogP contribution in [0.5, 0.6) is 0 Å². The van der Waals surface area contributed by atoms with E-state index in [4.69, 9.17) is 5.10 Å². The van der Waals surface area contributed by atoms with Gasteiger partial charge in [-0.15, -0.1) is 0 Å². The molecule has 0 bridgehead atoms. The molecule has 2 amide bonds. The van der Waals surface area contributed by atoms with E-state index in [1.165, 1.54) is 35.2 Å². The predicted octanol–water partition coefficient (Wildman–Crippen LogP) is 6.22. The molecule has 0 saturated carbocycles. The van der Waals surface area contributed by atoms with Gasteiger partial charge in [-0.3, -0.25) is 14.5 Å². The topological polar surface area (TPSA) is 67.2 Å². The van der Waals surface area contributed by atoms with Crippen LogP contribution in [0.3, 0.4) is 0 Å². The van der Waals surface area contributed by atoms with Crippen molar-refractivity contribution in [1.82, 2.24) is 15.1 Å². The summed E-state index contributed by atoms with van der Waals surface area (Å²) in [6.45, 7) is 2.01. The summed E-state index contributed by atoms with van der Waals surface area (Å²) in [5, 5.41) is 7.78. The Morgan fingerprint density at radius 3 is 2.35 bits per heavy atom. The maximum Gasteiger partial charge on any atom is 0.416 e. The quantitative estimate of drug-likeness (QED) is 0.207. The van der Waals surface area contributed by atoms with Crippen molar-refractivity contribution in [3.05, 3.63) is 113 Å². The van der Waals surface area contributed by atoms with Crippen LogP contribution in [0.2, 0.25) is 0 Å². The Morgan fingerprint density at radius 2 is 1.73 bits per heavy atom. The lowest BCUT2D eigenvalue weighted by atomic mass is 9.81. The van der Waals surface area contributed by atoms with Crippen molar-refractivity contribution < 1.29 is 27.2 Å². The van der Waals surface area contributed by atoms with Gasteiger partial charge in [0.2, 0.25) is 0 Å². The lowest BCUT2D eigenvalue weighted by Crippen LogP contribution is -2.55. The van der Waals surface area contributed by atoms with Gasteiger partial charge in [0, 0.05) is 28.9 Å². The number of benzene rings is 3. The number of para-hydroxylation sites is 1. The number of aromatic nitrogens is 2. The van der Waals surface area contributed by atoms with Crippen molar-refractivity contribution in [2.75, 3.05) is 11.4 Å². The lowest BCUT2D eigenvalue weighted by Gasteiger charge is -2.38. The Hall–Kier alpha value is -3.99. The minimum Gasteiger partial charge on any atom is -0.339 e. The number of hydrogen-bond acceptors (Lipinski definition) is 3. The van der Waals surface area contributed by atoms with Crippen molar-refractivity contribution in [3.8, 4) is 5.69 Å². The molecule has 0 aliphatic carbocycles. The number of amides is 2.